The zero-order chi connectivity index (χ0) is 12.4. The Hall–Kier alpha value is -1.06. The van der Waals surface area contributed by atoms with Gasteiger partial charge in [-0.25, -0.2) is 0 Å². The van der Waals surface area contributed by atoms with Crippen molar-refractivity contribution in [2.24, 2.45) is 11.7 Å². The molecule has 0 spiro atoms. The molecule has 1 aromatic rings. The Morgan fingerprint density at radius 3 is 2.50 bits per heavy atom. The van der Waals surface area contributed by atoms with Gasteiger partial charge in [0.05, 0.1) is 6.04 Å². The maximum absolute atomic E-state index is 11.8. The van der Waals surface area contributed by atoms with Crippen molar-refractivity contribution in [1.82, 2.24) is 5.32 Å². The molecule has 3 N–H and O–H groups in total. The number of carbonyl (C=O) groups is 1. The molecule has 1 amide bonds. The molecule has 1 aromatic carbocycles. The Kier molecular flexibility index (Phi) is 5.17. The highest BCUT2D eigenvalue weighted by molar-refractivity contribution is 5.85. The Morgan fingerprint density at radius 1 is 1.33 bits per heavy atom. The van der Waals surface area contributed by atoms with Crippen LogP contribution in [0.5, 0.6) is 0 Å². The molecule has 3 atom stereocenters. The minimum Gasteiger partial charge on any atom is -0.351 e. The van der Waals surface area contributed by atoms with Gasteiger partial charge >= 0.3 is 0 Å². The summed E-state index contributed by atoms with van der Waals surface area (Å²) < 4.78 is 0. The van der Waals surface area contributed by atoms with Crippen molar-refractivity contribution >= 4 is 18.3 Å². The topological polar surface area (TPSA) is 55.1 Å². The summed E-state index contributed by atoms with van der Waals surface area (Å²) in [7, 11) is 0. The van der Waals surface area contributed by atoms with Crippen LogP contribution in [0.2, 0.25) is 0 Å². The first-order valence-electron chi connectivity index (χ1n) is 6.20. The van der Waals surface area contributed by atoms with Crippen molar-refractivity contribution in [3.63, 3.8) is 0 Å². The molecule has 18 heavy (non-hydrogen) atoms. The zero-order valence-electron chi connectivity index (χ0n) is 10.8. The predicted molar refractivity (Wildman–Crippen MR) is 75.8 cm³/mol. The van der Waals surface area contributed by atoms with Crippen LogP contribution in [0.4, 0.5) is 0 Å². The Morgan fingerprint density at radius 2 is 1.94 bits per heavy atom. The lowest BCUT2D eigenvalue weighted by Gasteiger charge is -2.15. The maximum atomic E-state index is 11.8. The highest BCUT2D eigenvalue weighted by atomic mass is 35.5. The first-order valence-corrected chi connectivity index (χ1v) is 6.20. The summed E-state index contributed by atoms with van der Waals surface area (Å²) >= 11 is 0. The van der Waals surface area contributed by atoms with E-state index in [0.29, 0.717) is 5.92 Å². The van der Waals surface area contributed by atoms with E-state index in [1.807, 2.05) is 32.0 Å². The number of amides is 1. The van der Waals surface area contributed by atoms with Gasteiger partial charge < -0.3 is 11.1 Å². The van der Waals surface area contributed by atoms with Crippen LogP contribution in [0.3, 0.4) is 0 Å². The van der Waals surface area contributed by atoms with Gasteiger partial charge in [0, 0.05) is 12.0 Å². The van der Waals surface area contributed by atoms with E-state index in [4.69, 9.17) is 5.73 Å². The van der Waals surface area contributed by atoms with Crippen LogP contribution in [0.15, 0.2) is 30.3 Å². The third kappa shape index (κ3) is 3.47. The van der Waals surface area contributed by atoms with Crippen molar-refractivity contribution < 1.29 is 4.79 Å². The van der Waals surface area contributed by atoms with Gasteiger partial charge in [0.2, 0.25) is 5.91 Å². The van der Waals surface area contributed by atoms with E-state index in [2.05, 4.69) is 17.4 Å². The predicted octanol–water partition coefficient (Wildman–Crippen LogP) is 2.06. The van der Waals surface area contributed by atoms with E-state index in [-0.39, 0.29) is 30.3 Å². The van der Waals surface area contributed by atoms with Crippen LogP contribution in [-0.4, -0.2) is 18.0 Å². The van der Waals surface area contributed by atoms with Crippen LogP contribution >= 0.6 is 12.4 Å². The highest BCUT2D eigenvalue weighted by Gasteiger charge is 2.40. The van der Waals surface area contributed by atoms with Gasteiger partial charge in [-0.2, -0.15) is 0 Å². The number of hydrogen-bond acceptors (Lipinski definition) is 2. The fourth-order valence-electron chi connectivity index (χ4n) is 2.00. The molecule has 1 aliphatic carbocycles. The average molecular weight is 269 g/mol. The maximum Gasteiger partial charge on any atom is 0.237 e. The molecule has 2 rings (SSSR count). The second-order valence-corrected chi connectivity index (χ2v) is 5.14. The lowest BCUT2D eigenvalue weighted by Crippen LogP contribution is -2.45. The molecule has 0 saturated heterocycles. The van der Waals surface area contributed by atoms with E-state index in [0.717, 1.165) is 6.42 Å². The van der Waals surface area contributed by atoms with Gasteiger partial charge in [0.15, 0.2) is 0 Å². The smallest absolute Gasteiger partial charge is 0.237 e. The number of carbonyl (C=O) groups excluding carboxylic acids is 1. The number of nitrogens with two attached hydrogens (primary N) is 1. The van der Waals surface area contributed by atoms with Crippen LogP contribution in [0, 0.1) is 5.92 Å². The summed E-state index contributed by atoms with van der Waals surface area (Å²) in [6.45, 7) is 3.93. The summed E-state index contributed by atoms with van der Waals surface area (Å²) in [5, 5.41) is 3.02. The SMILES string of the molecule is CC(C)[C@@H](N)C(=O)NC1CC1c1ccccc1.Cl. The molecular formula is C14H21ClN2O. The molecule has 0 aliphatic heterocycles. The Balaban J connectivity index is 0.00000162. The zero-order valence-corrected chi connectivity index (χ0v) is 11.6. The standard InChI is InChI=1S/C14H20N2O.ClH/c1-9(2)13(15)14(17)16-12-8-11(12)10-6-4-3-5-7-10;/h3-7,9,11-13H,8,15H2,1-2H3,(H,16,17);1H/t11?,12?,13-;/m1./s1. The van der Waals surface area contributed by atoms with Gasteiger partial charge in [-0.3, -0.25) is 4.79 Å². The van der Waals surface area contributed by atoms with Crippen LogP contribution in [0.1, 0.15) is 31.7 Å². The third-order valence-corrected chi connectivity index (χ3v) is 3.37. The minimum atomic E-state index is -0.396. The second-order valence-electron chi connectivity index (χ2n) is 5.14. The van der Waals surface area contributed by atoms with Gasteiger partial charge in [-0.1, -0.05) is 44.2 Å². The van der Waals surface area contributed by atoms with Crippen molar-refractivity contribution in [1.29, 1.82) is 0 Å². The number of halogens is 1. The number of nitrogens with one attached hydrogen (secondary N) is 1. The van der Waals surface area contributed by atoms with Crippen molar-refractivity contribution in [2.75, 3.05) is 0 Å². The molecule has 1 fully saturated rings. The molecule has 4 heteroatoms. The normalized spacial score (nSPS) is 23.1. The first kappa shape index (κ1) is 15.0. The van der Waals surface area contributed by atoms with Gasteiger partial charge in [-0.05, 0) is 17.9 Å². The van der Waals surface area contributed by atoms with E-state index < -0.39 is 6.04 Å². The fraction of sp³-hybridized carbons (Fsp3) is 0.500. The van der Waals surface area contributed by atoms with Gasteiger partial charge in [0.1, 0.15) is 0 Å². The summed E-state index contributed by atoms with van der Waals surface area (Å²) in [6, 6.07) is 10.2. The Labute approximate surface area is 115 Å². The summed E-state index contributed by atoms with van der Waals surface area (Å²) in [5.41, 5.74) is 7.11. The summed E-state index contributed by atoms with van der Waals surface area (Å²) in [6.07, 6.45) is 1.03. The largest absolute Gasteiger partial charge is 0.351 e. The van der Waals surface area contributed by atoms with E-state index in [1.165, 1.54) is 5.56 Å². The lowest BCUT2D eigenvalue weighted by molar-refractivity contribution is -0.123. The monoisotopic (exact) mass is 268 g/mol. The molecule has 0 heterocycles. The third-order valence-electron chi connectivity index (χ3n) is 3.37. The van der Waals surface area contributed by atoms with E-state index in [1.54, 1.807) is 0 Å². The molecule has 0 aromatic heterocycles. The number of rotatable bonds is 4. The molecule has 100 valence electrons. The number of benzene rings is 1. The number of hydrogen-bond donors (Lipinski definition) is 2. The molecule has 3 nitrogen and oxygen atoms in total. The second kappa shape index (κ2) is 6.21. The quantitative estimate of drug-likeness (QED) is 0.878. The van der Waals surface area contributed by atoms with Gasteiger partial charge in [0.25, 0.3) is 0 Å². The molecular weight excluding hydrogens is 248 g/mol. The minimum absolute atomic E-state index is 0. The fourth-order valence-corrected chi connectivity index (χ4v) is 2.00. The summed E-state index contributed by atoms with van der Waals surface area (Å²) in [5.74, 6) is 0.631. The molecule has 0 bridgehead atoms. The molecule has 1 saturated carbocycles. The van der Waals surface area contributed by atoms with Crippen LogP contribution in [0.25, 0.3) is 0 Å². The van der Waals surface area contributed by atoms with Crippen molar-refractivity contribution in [3.05, 3.63) is 35.9 Å². The lowest BCUT2D eigenvalue weighted by atomic mass is 10.0. The van der Waals surface area contributed by atoms with Crippen LogP contribution < -0.4 is 11.1 Å². The molecule has 0 radical (unpaired) electrons. The van der Waals surface area contributed by atoms with E-state index >= 15 is 0 Å². The molecule has 1 aliphatic rings. The van der Waals surface area contributed by atoms with Gasteiger partial charge in [-0.15, -0.1) is 12.4 Å². The highest BCUT2D eigenvalue weighted by Crippen LogP contribution is 2.40. The van der Waals surface area contributed by atoms with Crippen molar-refractivity contribution in [2.45, 2.75) is 38.3 Å². The van der Waals surface area contributed by atoms with Crippen molar-refractivity contribution in [3.8, 4) is 0 Å². The average Bonchev–Trinajstić information content (AvgIpc) is 3.08. The molecule has 2 unspecified atom stereocenters. The van der Waals surface area contributed by atoms with Crippen LogP contribution in [-0.2, 0) is 4.79 Å². The Bertz CT molecular complexity index is 394. The first-order chi connectivity index (χ1) is 8.09. The van der Waals surface area contributed by atoms with E-state index in [9.17, 15) is 4.79 Å². The summed E-state index contributed by atoms with van der Waals surface area (Å²) in [4.78, 5) is 11.8.